The number of piperazine rings is 1. The van der Waals surface area contributed by atoms with Gasteiger partial charge in [0, 0.05) is 38.8 Å². The summed E-state index contributed by atoms with van der Waals surface area (Å²) < 4.78 is 6.72. The van der Waals surface area contributed by atoms with E-state index < -0.39 is 0 Å². The zero-order chi connectivity index (χ0) is 21.5. The summed E-state index contributed by atoms with van der Waals surface area (Å²) in [5.41, 5.74) is 0.807. The number of hydrogen-bond acceptors (Lipinski definition) is 6. The number of aromatic nitrogens is 2. The summed E-state index contributed by atoms with van der Waals surface area (Å²) in [5.74, 6) is 1.90. The lowest BCUT2D eigenvalue weighted by atomic mass is 10.1. The number of ether oxygens (including phenoxy) is 1. The van der Waals surface area contributed by atoms with Crippen molar-refractivity contribution < 1.29 is 9.53 Å². The van der Waals surface area contributed by atoms with Gasteiger partial charge in [0.05, 0.1) is 12.8 Å². The normalized spacial score (nSPS) is 14.1. The summed E-state index contributed by atoms with van der Waals surface area (Å²) in [6.07, 6.45) is 0.907. The van der Waals surface area contributed by atoms with Crippen molar-refractivity contribution in [1.82, 2.24) is 15.1 Å². The molecule has 0 radical (unpaired) electrons. The van der Waals surface area contributed by atoms with E-state index in [9.17, 15) is 9.59 Å². The van der Waals surface area contributed by atoms with Gasteiger partial charge in [-0.3, -0.25) is 9.59 Å². The first kappa shape index (κ1) is 21.7. The zero-order valence-electron chi connectivity index (χ0n) is 18.0. The average Bonchev–Trinajstić information content (AvgIpc) is 2.75. The number of carbonyl (C=O) groups is 1. The molecule has 2 heterocycles. The van der Waals surface area contributed by atoms with E-state index in [0.29, 0.717) is 18.3 Å². The number of para-hydroxylation sites is 2. The second kappa shape index (κ2) is 10.1. The minimum absolute atomic E-state index is 0.0635. The predicted octanol–water partition coefficient (Wildman–Crippen LogP) is 1.74. The third-order valence-electron chi connectivity index (χ3n) is 5.22. The molecule has 1 aliphatic heterocycles. The van der Waals surface area contributed by atoms with Gasteiger partial charge >= 0.3 is 0 Å². The molecular formula is C22H31N5O3. The van der Waals surface area contributed by atoms with E-state index in [4.69, 9.17) is 4.74 Å². The average molecular weight is 414 g/mol. The molecule has 0 unspecified atom stereocenters. The number of benzene rings is 1. The molecule has 3 rings (SSSR count). The standard InChI is InChI=1S/C22H31N5O3/c1-17(2)10-11-23-21(28)16-27-22(29)9-8-20(24-27)26-14-12-25(13-15-26)18-6-4-5-7-19(18)30-3/h4-9,17H,10-16H2,1-3H3,(H,23,28). The predicted molar refractivity (Wildman–Crippen MR) is 118 cm³/mol. The molecule has 0 spiro atoms. The Morgan fingerprint density at radius 3 is 2.50 bits per heavy atom. The Hall–Kier alpha value is -3.03. The SMILES string of the molecule is COc1ccccc1N1CCN(c2ccc(=O)n(CC(=O)NCCC(C)C)n2)CC1. The van der Waals surface area contributed by atoms with Crippen molar-refractivity contribution >= 4 is 17.4 Å². The maximum absolute atomic E-state index is 12.2. The van der Waals surface area contributed by atoms with Crippen LogP contribution in [0.15, 0.2) is 41.2 Å². The number of anilines is 2. The van der Waals surface area contributed by atoms with Gasteiger partial charge in [0.1, 0.15) is 18.1 Å². The zero-order valence-corrected chi connectivity index (χ0v) is 18.0. The van der Waals surface area contributed by atoms with Gasteiger partial charge in [0.25, 0.3) is 5.56 Å². The fourth-order valence-electron chi connectivity index (χ4n) is 3.48. The minimum Gasteiger partial charge on any atom is -0.495 e. The number of carbonyl (C=O) groups excluding carboxylic acids is 1. The van der Waals surface area contributed by atoms with E-state index in [1.807, 2.05) is 18.2 Å². The van der Waals surface area contributed by atoms with E-state index in [1.54, 1.807) is 13.2 Å². The lowest BCUT2D eigenvalue weighted by Crippen LogP contribution is -2.47. The molecule has 1 saturated heterocycles. The van der Waals surface area contributed by atoms with E-state index in [1.165, 1.54) is 10.7 Å². The van der Waals surface area contributed by atoms with Crippen molar-refractivity contribution in [3.8, 4) is 5.75 Å². The second-order valence-electron chi connectivity index (χ2n) is 7.87. The van der Waals surface area contributed by atoms with Gasteiger partial charge in [-0.05, 0) is 30.5 Å². The molecule has 8 nitrogen and oxygen atoms in total. The first-order valence-electron chi connectivity index (χ1n) is 10.5. The quantitative estimate of drug-likeness (QED) is 0.710. The summed E-state index contributed by atoms with van der Waals surface area (Å²) in [5, 5.41) is 7.29. The van der Waals surface area contributed by atoms with E-state index in [-0.39, 0.29) is 18.0 Å². The van der Waals surface area contributed by atoms with Crippen LogP contribution in [0.2, 0.25) is 0 Å². The number of amides is 1. The molecule has 0 aliphatic carbocycles. The molecule has 162 valence electrons. The summed E-state index contributed by atoms with van der Waals surface area (Å²) >= 11 is 0. The van der Waals surface area contributed by atoms with Crippen molar-refractivity contribution in [2.45, 2.75) is 26.8 Å². The topological polar surface area (TPSA) is 79.7 Å². The first-order chi connectivity index (χ1) is 14.5. The van der Waals surface area contributed by atoms with Gasteiger partial charge < -0.3 is 19.9 Å². The molecular weight excluding hydrogens is 382 g/mol. The van der Waals surface area contributed by atoms with Crippen LogP contribution in [0.3, 0.4) is 0 Å². The van der Waals surface area contributed by atoms with Crippen molar-refractivity contribution in [3.63, 3.8) is 0 Å². The molecule has 1 amide bonds. The summed E-state index contributed by atoms with van der Waals surface area (Å²) in [6, 6.07) is 11.2. The highest BCUT2D eigenvalue weighted by Crippen LogP contribution is 2.28. The van der Waals surface area contributed by atoms with Crippen LogP contribution >= 0.6 is 0 Å². The molecule has 1 aromatic carbocycles. The van der Waals surface area contributed by atoms with Crippen LogP contribution in [0.25, 0.3) is 0 Å². The van der Waals surface area contributed by atoms with Crippen molar-refractivity contribution in [2.24, 2.45) is 5.92 Å². The van der Waals surface area contributed by atoms with Crippen molar-refractivity contribution in [2.75, 3.05) is 49.6 Å². The van der Waals surface area contributed by atoms with Crippen molar-refractivity contribution in [1.29, 1.82) is 0 Å². The number of hydrogen-bond donors (Lipinski definition) is 1. The first-order valence-corrected chi connectivity index (χ1v) is 10.5. The highest BCUT2D eigenvalue weighted by atomic mass is 16.5. The summed E-state index contributed by atoms with van der Waals surface area (Å²) in [7, 11) is 1.68. The maximum atomic E-state index is 12.2. The molecule has 8 heteroatoms. The Morgan fingerprint density at radius 1 is 1.10 bits per heavy atom. The maximum Gasteiger partial charge on any atom is 0.267 e. The van der Waals surface area contributed by atoms with Gasteiger partial charge in [0.2, 0.25) is 5.91 Å². The van der Waals surface area contributed by atoms with Gasteiger partial charge in [-0.1, -0.05) is 26.0 Å². The smallest absolute Gasteiger partial charge is 0.267 e. The van der Waals surface area contributed by atoms with Crippen LogP contribution in [0, 0.1) is 5.92 Å². The largest absolute Gasteiger partial charge is 0.495 e. The van der Waals surface area contributed by atoms with Gasteiger partial charge in [-0.15, -0.1) is 0 Å². The summed E-state index contributed by atoms with van der Waals surface area (Å²) in [6.45, 7) is 7.92. The van der Waals surface area contributed by atoms with Crippen LogP contribution in [0.4, 0.5) is 11.5 Å². The summed E-state index contributed by atoms with van der Waals surface area (Å²) in [4.78, 5) is 28.7. The third kappa shape index (κ3) is 5.52. The molecule has 1 aliphatic rings. The Balaban J connectivity index is 1.61. The second-order valence-corrected chi connectivity index (χ2v) is 7.87. The van der Waals surface area contributed by atoms with Crippen LogP contribution in [0.5, 0.6) is 5.75 Å². The number of methoxy groups -OCH3 is 1. The molecule has 0 saturated carbocycles. The lowest BCUT2D eigenvalue weighted by Gasteiger charge is -2.37. The lowest BCUT2D eigenvalue weighted by molar-refractivity contribution is -0.121. The number of nitrogens with zero attached hydrogens (tertiary/aromatic N) is 4. The van der Waals surface area contributed by atoms with E-state index in [2.05, 4.69) is 40.1 Å². The third-order valence-corrected chi connectivity index (χ3v) is 5.22. The Kier molecular flexibility index (Phi) is 7.32. The van der Waals surface area contributed by atoms with Crippen LogP contribution in [0.1, 0.15) is 20.3 Å². The van der Waals surface area contributed by atoms with E-state index >= 15 is 0 Å². The fraction of sp³-hybridized carbons (Fsp3) is 0.500. The minimum atomic E-state index is -0.273. The fourth-order valence-corrected chi connectivity index (χ4v) is 3.48. The van der Waals surface area contributed by atoms with E-state index in [0.717, 1.165) is 44.0 Å². The molecule has 0 bridgehead atoms. The van der Waals surface area contributed by atoms with Gasteiger partial charge in [-0.2, -0.15) is 5.10 Å². The highest BCUT2D eigenvalue weighted by Gasteiger charge is 2.21. The van der Waals surface area contributed by atoms with Crippen LogP contribution < -0.4 is 25.4 Å². The van der Waals surface area contributed by atoms with Crippen molar-refractivity contribution in [3.05, 3.63) is 46.8 Å². The molecule has 1 N–H and O–H groups in total. The number of rotatable bonds is 8. The number of nitrogens with one attached hydrogen (secondary N) is 1. The Labute approximate surface area is 177 Å². The Morgan fingerprint density at radius 2 is 1.80 bits per heavy atom. The highest BCUT2D eigenvalue weighted by molar-refractivity contribution is 5.75. The van der Waals surface area contributed by atoms with Gasteiger partial charge in [0.15, 0.2) is 0 Å². The van der Waals surface area contributed by atoms with Gasteiger partial charge in [-0.25, -0.2) is 4.68 Å². The molecule has 1 aromatic heterocycles. The van der Waals surface area contributed by atoms with Crippen LogP contribution in [-0.4, -0.2) is 55.5 Å². The molecule has 1 fully saturated rings. The van der Waals surface area contributed by atoms with Crippen LogP contribution in [-0.2, 0) is 11.3 Å². The monoisotopic (exact) mass is 413 g/mol. The molecule has 30 heavy (non-hydrogen) atoms. The molecule has 0 atom stereocenters. The molecule has 2 aromatic rings. The Bertz CT molecular complexity index is 904.